The summed E-state index contributed by atoms with van der Waals surface area (Å²) in [5, 5.41) is 9.68. The first-order valence-electron chi connectivity index (χ1n) is 5.64. The number of allylic oxidation sites excluding steroid dienone is 1. The maximum atomic E-state index is 13.1. The lowest BCUT2D eigenvalue weighted by atomic mass is 10.2. The van der Waals surface area contributed by atoms with E-state index in [1.54, 1.807) is 12.1 Å². The molecule has 0 spiro atoms. The molecule has 0 atom stereocenters. The van der Waals surface area contributed by atoms with Gasteiger partial charge in [0.2, 0.25) is 0 Å². The maximum Gasteiger partial charge on any atom is 0.433 e. The number of benzene rings is 1. The molecule has 0 saturated heterocycles. The zero-order valence-electron chi connectivity index (χ0n) is 10.4. The van der Waals surface area contributed by atoms with Crippen molar-refractivity contribution in [3.05, 3.63) is 40.6 Å². The third-order valence-corrected chi connectivity index (χ3v) is 2.93. The zero-order valence-corrected chi connectivity index (χ0v) is 11.1. The van der Waals surface area contributed by atoms with E-state index >= 15 is 0 Å². The van der Waals surface area contributed by atoms with Crippen LogP contribution in [0.15, 0.2) is 40.5 Å². The van der Waals surface area contributed by atoms with E-state index in [4.69, 9.17) is 16.7 Å². The highest BCUT2D eigenvalue weighted by atomic mass is 35.5. The number of halogens is 4. The Balaban J connectivity index is 2.42. The van der Waals surface area contributed by atoms with Gasteiger partial charge in [0.15, 0.2) is 5.70 Å². The van der Waals surface area contributed by atoms with Crippen molar-refractivity contribution in [1.82, 2.24) is 5.01 Å². The molecule has 1 aliphatic rings. The number of nitrogens with zero attached hydrogens (tertiary/aromatic N) is 2. The second-order valence-corrected chi connectivity index (χ2v) is 4.45. The van der Waals surface area contributed by atoms with Gasteiger partial charge in [-0.05, 0) is 12.1 Å². The van der Waals surface area contributed by atoms with Crippen LogP contribution in [0.25, 0.3) is 0 Å². The molecule has 9 heteroatoms. The maximum absolute atomic E-state index is 13.1. The summed E-state index contributed by atoms with van der Waals surface area (Å²) in [5.74, 6) is -1.71. The van der Waals surface area contributed by atoms with Gasteiger partial charge in [0.1, 0.15) is 12.2 Å². The summed E-state index contributed by atoms with van der Waals surface area (Å²) in [5.41, 5.74) is 0.382. The van der Waals surface area contributed by atoms with Crippen molar-refractivity contribution in [2.75, 3.05) is 12.1 Å². The molecule has 1 aliphatic heterocycles. The minimum Gasteiger partial charge on any atom is -0.478 e. The largest absolute Gasteiger partial charge is 0.478 e. The molecule has 1 aromatic rings. The number of hydrogen-bond donors (Lipinski definition) is 2. The molecular weight excluding hydrogens is 311 g/mol. The molecule has 0 bridgehead atoms. The molecule has 0 radical (unpaired) electrons. The van der Waals surface area contributed by atoms with Crippen molar-refractivity contribution in [2.45, 2.75) is 6.18 Å². The Morgan fingerprint density at radius 3 is 2.62 bits per heavy atom. The van der Waals surface area contributed by atoms with Crippen LogP contribution in [0, 0.1) is 0 Å². The van der Waals surface area contributed by atoms with Crippen molar-refractivity contribution < 1.29 is 23.1 Å². The van der Waals surface area contributed by atoms with Crippen LogP contribution in [-0.2, 0) is 4.79 Å². The second kappa shape index (κ2) is 5.65. The highest BCUT2D eigenvalue weighted by Gasteiger charge is 2.43. The fourth-order valence-corrected chi connectivity index (χ4v) is 1.92. The number of nitrogens with one attached hydrogen (secondary N) is 1. The van der Waals surface area contributed by atoms with Gasteiger partial charge in [-0.15, -0.1) is 0 Å². The van der Waals surface area contributed by atoms with Gasteiger partial charge in [0.25, 0.3) is 0 Å². The molecule has 1 aromatic carbocycles. The van der Waals surface area contributed by atoms with E-state index in [-0.39, 0.29) is 10.7 Å². The van der Waals surface area contributed by atoms with Crippen LogP contribution in [0.5, 0.6) is 0 Å². The Morgan fingerprint density at radius 1 is 1.38 bits per heavy atom. The number of carboxylic acid groups (broad SMARTS) is 1. The predicted octanol–water partition coefficient (Wildman–Crippen LogP) is 2.91. The minimum absolute atomic E-state index is 0.199. The first-order chi connectivity index (χ1) is 9.80. The second-order valence-electron chi connectivity index (χ2n) is 4.04. The monoisotopic (exact) mass is 319 g/mol. The van der Waals surface area contributed by atoms with Gasteiger partial charge in [-0.3, -0.25) is 15.4 Å². The van der Waals surface area contributed by atoms with Crippen LogP contribution in [0.1, 0.15) is 0 Å². The van der Waals surface area contributed by atoms with Crippen LogP contribution in [-0.4, -0.2) is 35.1 Å². The van der Waals surface area contributed by atoms with E-state index < -0.39 is 30.1 Å². The van der Waals surface area contributed by atoms with E-state index in [1.165, 1.54) is 12.1 Å². The summed E-state index contributed by atoms with van der Waals surface area (Å²) in [4.78, 5) is 14.6. The lowest BCUT2D eigenvalue weighted by Gasteiger charge is -2.31. The lowest BCUT2D eigenvalue weighted by Crippen LogP contribution is -2.41. The molecule has 0 fully saturated rings. The van der Waals surface area contributed by atoms with E-state index in [0.29, 0.717) is 11.2 Å². The summed E-state index contributed by atoms with van der Waals surface area (Å²) < 4.78 is 39.3. The summed E-state index contributed by atoms with van der Waals surface area (Å²) in [6.07, 6.45) is -4.16. The molecule has 0 unspecified atom stereocenters. The topological polar surface area (TPSA) is 64.9 Å². The van der Waals surface area contributed by atoms with Crippen molar-refractivity contribution in [3.8, 4) is 0 Å². The first-order valence-corrected chi connectivity index (χ1v) is 6.02. The average molecular weight is 320 g/mol. The average Bonchev–Trinajstić information content (AvgIpc) is 2.40. The summed E-state index contributed by atoms with van der Waals surface area (Å²) in [6, 6.07) is 6.16. The van der Waals surface area contributed by atoms with Gasteiger partial charge in [0.05, 0.1) is 10.7 Å². The highest BCUT2D eigenvalue weighted by Crippen LogP contribution is 2.33. The summed E-state index contributed by atoms with van der Waals surface area (Å²) >= 11 is 5.86. The number of hydrazine groups is 1. The smallest absolute Gasteiger partial charge is 0.433 e. The SMILES string of the molecule is O=C(O)C1=C(C(F)(F)F)N(Nc2ccccc2Cl)CN=C1. The van der Waals surface area contributed by atoms with E-state index in [9.17, 15) is 18.0 Å². The Hall–Kier alpha value is -2.22. The normalized spacial score (nSPS) is 15.3. The summed E-state index contributed by atoms with van der Waals surface area (Å²) in [7, 11) is 0. The van der Waals surface area contributed by atoms with Crippen molar-refractivity contribution in [3.63, 3.8) is 0 Å². The van der Waals surface area contributed by atoms with Crippen molar-refractivity contribution >= 4 is 29.5 Å². The molecule has 0 amide bonds. The van der Waals surface area contributed by atoms with Gasteiger partial charge in [-0.1, -0.05) is 23.7 Å². The van der Waals surface area contributed by atoms with Crippen LogP contribution in [0.3, 0.4) is 0 Å². The number of hydrogen-bond acceptors (Lipinski definition) is 4. The zero-order chi connectivity index (χ0) is 15.6. The summed E-state index contributed by atoms with van der Waals surface area (Å²) in [6.45, 7) is -0.392. The van der Waals surface area contributed by atoms with Crippen LogP contribution >= 0.6 is 11.6 Å². The Morgan fingerprint density at radius 2 is 2.05 bits per heavy atom. The standard InChI is InChI=1S/C12H9ClF3N3O2/c13-8-3-1-2-4-9(8)18-19-6-17-5-7(11(20)21)10(19)12(14,15)16/h1-5,18H,6H2,(H,20,21). The molecule has 0 aromatic heterocycles. The van der Waals surface area contributed by atoms with Crippen LogP contribution in [0.4, 0.5) is 18.9 Å². The Labute approximate surface area is 122 Å². The molecule has 0 aliphatic carbocycles. The number of anilines is 1. The molecule has 0 saturated carbocycles. The number of carbonyl (C=O) groups is 1. The van der Waals surface area contributed by atoms with Crippen molar-refractivity contribution in [2.24, 2.45) is 4.99 Å². The lowest BCUT2D eigenvalue weighted by molar-refractivity contribution is -0.135. The number of para-hydroxylation sites is 1. The van der Waals surface area contributed by atoms with Gasteiger partial charge in [-0.25, -0.2) is 4.79 Å². The molecule has 5 nitrogen and oxygen atoms in total. The van der Waals surface area contributed by atoms with Crippen LogP contribution in [0.2, 0.25) is 5.02 Å². The fraction of sp³-hybridized carbons (Fsp3) is 0.167. The third kappa shape index (κ3) is 3.27. The first kappa shape index (κ1) is 15.2. The Kier molecular flexibility index (Phi) is 4.08. The van der Waals surface area contributed by atoms with Crippen LogP contribution < -0.4 is 5.43 Å². The number of aliphatic imine (C=N–C) groups is 1. The quantitative estimate of drug-likeness (QED) is 0.899. The van der Waals surface area contributed by atoms with Crippen molar-refractivity contribution in [1.29, 1.82) is 0 Å². The number of aliphatic carboxylic acids is 1. The van der Waals surface area contributed by atoms with E-state index in [0.717, 1.165) is 0 Å². The fourth-order valence-electron chi connectivity index (χ4n) is 1.74. The Bertz CT molecular complexity index is 628. The number of carboxylic acids is 1. The van der Waals surface area contributed by atoms with E-state index in [2.05, 4.69) is 10.4 Å². The number of rotatable bonds is 3. The molecule has 2 N–H and O–H groups in total. The minimum atomic E-state index is -4.85. The van der Waals surface area contributed by atoms with Gasteiger partial charge >= 0.3 is 12.1 Å². The van der Waals surface area contributed by atoms with E-state index in [1.807, 2.05) is 0 Å². The molecule has 21 heavy (non-hydrogen) atoms. The molecule has 2 rings (SSSR count). The number of alkyl halides is 3. The molecule has 112 valence electrons. The third-order valence-electron chi connectivity index (χ3n) is 2.60. The predicted molar refractivity (Wildman–Crippen MR) is 71.0 cm³/mol. The molecular formula is C12H9ClF3N3O2. The molecule has 1 heterocycles. The highest BCUT2D eigenvalue weighted by molar-refractivity contribution is 6.33. The van der Waals surface area contributed by atoms with Gasteiger partial charge in [-0.2, -0.15) is 13.2 Å². The van der Waals surface area contributed by atoms with Gasteiger partial charge in [0, 0.05) is 6.21 Å². The van der Waals surface area contributed by atoms with Gasteiger partial charge < -0.3 is 5.11 Å².